The van der Waals surface area contributed by atoms with Crippen molar-refractivity contribution in [3.63, 3.8) is 0 Å². The van der Waals surface area contributed by atoms with E-state index in [4.69, 9.17) is 10.00 Å². The van der Waals surface area contributed by atoms with Gasteiger partial charge in [-0.15, -0.1) is 0 Å². The van der Waals surface area contributed by atoms with Crippen LogP contribution in [0.15, 0.2) is 54.6 Å². The van der Waals surface area contributed by atoms with Gasteiger partial charge in [0, 0.05) is 11.6 Å². The maximum atomic E-state index is 12.2. The molecule has 6 heteroatoms. The summed E-state index contributed by atoms with van der Waals surface area (Å²) in [5, 5.41) is 11.3. The summed E-state index contributed by atoms with van der Waals surface area (Å²) < 4.78 is 5.08. The molecule has 0 saturated carbocycles. The van der Waals surface area contributed by atoms with Gasteiger partial charge in [0.05, 0.1) is 17.3 Å². The molecule has 0 bridgehead atoms. The number of esters is 1. The second-order valence-corrected chi connectivity index (χ2v) is 5.74. The van der Waals surface area contributed by atoms with Crippen molar-refractivity contribution in [3.05, 3.63) is 71.3 Å². The van der Waals surface area contributed by atoms with Gasteiger partial charge in [0.1, 0.15) is 0 Å². The normalized spacial score (nSPS) is 11.4. The van der Waals surface area contributed by atoms with Gasteiger partial charge in [-0.1, -0.05) is 24.3 Å². The molecule has 0 spiro atoms. The number of carbonyl (C=O) groups excluding carboxylic acids is 3. The highest BCUT2D eigenvalue weighted by molar-refractivity contribution is 6.05. The maximum Gasteiger partial charge on any atom is 0.331 e. The van der Waals surface area contributed by atoms with Gasteiger partial charge in [0.15, 0.2) is 11.9 Å². The fraction of sp³-hybridized carbons (Fsp3) is 0.143. The largest absolute Gasteiger partial charge is 0.449 e. The van der Waals surface area contributed by atoms with Crippen molar-refractivity contribution in [1.29, 1.82) is 5.26 Å². The lowest BCUT2D eigenvalue weighted by molar-refractivity contribution is -0.148. The van der Waals surface area contributed by atoms with E-state index in [1.807, 2.05) is 6.07 Å². The molecule has 0 aromatic heterocycles. The molecule has 6 nitrogen and oxygen atoms in total. The van der Waals surface area contributed by atoms with Crippen LogP contribution in [0.3, 0.4) is 0 Å². The predicted molar refractivity (Wildman–Crippen MR) is 101 cm³/mol. The van der Waals surface area contributed by atoms with E-state index in [9.17, 15) is 14.4 Å². The number of nitriles is 1. The smallest absolute Gasteiger partial charge is 0.331 e. The molecule has 0 fully saturated rings. The first-order valence-corrected chi connectivity index (χ1v) is 8.20. The lowest BCUT2D eigenvalue weighted by Crippen LogP contribution is -2.30. The molecule has 1 amide bonds. The third-order valence-corrected chi connectivity index (χ3v) is 3.68. The van der Waals surface area contributed by atoms with Crippen LogP contribution in [-0.4, -0.2) is 23.8 Å². The Balaban J connectivity index is 1.95. The number of nitrogens with zero attached hydrogens (tertiary/aromatic N) is 1. The standard InChI is InChI=1S/C21H18N2O4/c1-14(24)18-5-3-4-6-19(18)23-21(26)15(2)27-20(25)12-11-16-7-9-17(13-22)10-8-16/h3-12,15H,1-2H3,(H,23,26)/b12-11+/t15-/m1/s1. The van der Waals surface area contributed by atoms with Crippen LogP contribution in [0.25, 0.3) is 6.08 Å². The quantitative estimate of drug-likeness (QED) is 0.483. The second kappa shape index (κ2) is 9.11. The first-order valence-electron chi connectivity index (χ1n) is 8.20. The van der Waals surface area contributed by atoms with Gasteiger partial charge in [-0.3, -0.25) is 9.59 Å². The first-order chi connectivity index (χ1) is 12.9. The molecule has 1 atom stereocenters. The van der Waals surface area contributed by atoms with Crippen molar-refractivity contribution in [2.75, 3.05) is 5.32 Å². The van der Waals surface area contributed by atoms with E-state index in [1.54, 1.807) is 48.5 Å². The molecule has 0 radical (unpaired) electrons. The van der Waals surface area contributed by atoms with E-state index >= 15 is 0 Å². The van der Waals surface area contributed by atoms with Gasteiger partial charge in [-0.05, 0) is 49.8 Å². The highest BCUT2D eigenvalue weighted by atomic mass is 16.5. The van der Waals surface area contributed by atoms with Crippen molar-refractivity contribution >= 4 is 29.4 Å². The van der Waals surface area contributed by atoms with Gasteiger partial charge >= 0.3 is 5.97 Å². The molecular weight excluding hydrogens is 344 g/mol. The summed E-state index contributed by atoms with van der Waals surface area (Å²) in [5.74, 6) is -1.40. The van der Waals surface area contributed by atoms with Crippen molar-refractivity contribution in [2.45, 2.75) is 20.0 Å². The fourth-order valence-corrected chi connectivity index (χ4v) is 2.23. The minimum absolute atomic E-state index is 0.180. The van der Waals surface area contributed by atoms with Crippen LogP contribution in [0.4, 0.5) is 5.69 Å². The van der Waals surface area contributed by atoms with E-state index < -0.39 is 18.0 Å². The number of carbonyl (C=O) groups is 3. The number of para-hydroxylation sites is 1. The number of nitrogens with one attached hydrogen (secondary N) is 1. The zero-order valence-corrected chi connectivity index (χ0v) is 14.9. The first kappa shape index (κ1) is 19.6. The number of hydrogen-bond donors (Lipinski definition) is 1. The number of benzene rings is 2. The Morgan fingerprint density at radius 2 is 1.78 bits per heavy atom. The summed E-state index contributed by atoms with van der Waals surface area (Å²) in [6.07, 6.45) is 1.69. The second-order valence-electron chi connectivity index (χ2n) is 5.74. The third kappa shape index (κ3) is 5.65. The van der Waals surface area contributed by atoms with Crippen LogP contribution in [0.5, 0.6) is 0 Å². The summed E-state index contributed by atoms with van der Waals surface area (Å²) in [6.45, 7) is 2.85. The zero-order chi connectivity index (χ0) is 19.8. The number of anilines is 1. The highest BCUT2D eigenvalue weighted by Gasteiger charge is 2.18. The van der Waals surface area contributed by atoms with E-state index in [1.165, 1.54) is 26.0 Å². The molecule has 2 rings (SSSR count). The number of ether oxygens (including phenoxy) is 1. The Hall–Kier alpha value is -3.72. The molecule has 136 valence electrons. The summed E-state index contributed by atoms with van der Waals surface area (Å²) in [7, 11) is 0. The summed E-state index contributed by atoms with van der Waals surface area (Å²) >= 11 is 0. The summed E-state index contributed by atoms with van der Waals surface area (Å²) in [6, 6.07) is 15.3. The number of Topliss-reactive ketones (excluding diaryl/α,β-unsaturated/α-hetero) is 1. The minimum Gasteiger partial charge on any atom is -0.449 e. The number of amides is 1. The third-order valence-electron chi connectivity index (χ3n) is 3.68. The molecule has 0 aliphatic rings. The molecule has 27 heavy (non-hydrogen) atoms. The van der Waals surface area contributed by atoms with Gasteiger partial charge in [0.25, 0.3) is 5.91 Å². The Bertz CT molecular complexity index is 924. The topological polar surface area (TPSA) is 96.3 Å². The van der Waals surface area contributed by atoms with Gasteiger partial charge in [-0.25, -0.2) is 4.79 Å². The Kier molecular flexibility index (Phi) is 6.61. The van der Waals surface area contributed by atoms with Crippen LogP contribution in [-0.2, 0) is 14.3 Å². The number of hydrogen-bond acceptors (Lipinski definition) is 5. The van der Waals surface area contributed by atoms with Gasteiger partial charge < -0.3 is 10.1 Å². The molecule has 1 N–H and O–H groups in total. The molecular formula is C21H18N2O4. The lowest BCUT2D eigenvalue weighted by atomic mass is 10.1. The van der Waals surface area contributed by atoms with Crippen LogP contribution in [0.1, 0.15) is 35.3 Å². The van der Waals surface area contributed by atoms with E-state index in [2.05, 4.69) is 5.32 Å². The molecule has 2 aromatic rings. The Labute approximate surface area is 157 Å². The van der Waals surface area contributed by atoms with E-state index in [0.29, 0.717) is 16.8 Å². The minimum atomic E-state index is -1.04. The van der Waals surface area contributed by atoms with Gasteiger partial charge in [0.2, 0.25) is 0 Å². The van der Waals surface area contributed by atoms with Crippen LogP contribution < -0.4 is 5.32 Å². The van der Waals surface area contributed by atoms with Crippen molar-refractivity contribution in [2.24, 2.45) is 0 Å². The monoisotopic (exact) mass is 362 g/mol. The molecule has 0 aliphatic heterocycles. The van der Waals surface area contributed by atoms with Crippen molar-refractivity contribution in [1.82, 2.24) is 0 Å². The van der Waals surface area contributed by atoms with E-state index in [0.717, 1.165) is 5.56 Å². The lowest BCUT2D eigenvalue weighted by Gasteiger charge is -2.14. The summed E-state index contributed by atoms with van der Waals surface area (Å²) in [5.41, 5.74) is 1.99. The Morgan fingerprint density at radius 1 is 1.11 bits per heavy atom. The average Bonchev–Trinajstić information content (AvgIpc) is 2.67. The zero-order valence-electron chi connectivity index (χ0n) is 14.9. The van der Waals surface area contributed by atoms with Crippen LogP contribution in [0.2, 0.25) is 0 Å². The molecule has 0 saturated heterocycles. The Morgan fingerprint density at radius 3 is 2.41 bits per heavy atom. The summed E-state index contributed by atoms with van der Waals surface area (Å²) in [4.78, 5) is 35.7. The molecule has 0 aliphatic carbocycles. The fourth-order valence-electron chi connectivity index (χ4n) is 2.23. The van der Waals surface area contributed by atoms with Gasteiger partial charge in [-0.2, -0.15) is 5.26 Å². The van der Waals surface area contributed by atoms with Crippen LogP contribution in [0, 0.1) is 11.3 Å². The molecule has 2 aromatic carbocycles. The predicted octanol–water partition coefficient (Wildman–Crippen LogP) is 3.34. The van der Waals surface area contributed by atoms with Crippen molar-refractivity contribution in [3.8, 4) is 6.07 Å². The number of rotatable bonds is 6. The van der Waals surface area contributed by atoms with E-state index in [-0.39, 0.29) is 5.78 Å². The number of ketones is 1. The molecule has 0 unspecified atom stereocenters. The highest BCUT2D eigenvalue weighted by Crippen LogP contribution is 2.16. The molecule has 0 heterocycles. The van der Waals surface area contributed by atoms with Crippen molar-refractivity contribution < 1.29 is 19.1 Å². The van der Waals surface area contributed by atoms with Crippen LogP contribution >= 0.6 is 0 Å². The average molecular weight is 362 g/mol. The SMILES string of the molecule is CC(=O)c1ccccc1NC(=O)[C@@H](C)OC(=O)/C=C/c1ccc(C#N)cc1. The maximum absolute atomic E-state index is 12.2.